The van der Waals surface area contributed by atoms with E-state index in [1.165, 1.54) is 17.5 Å². The Labute approximate surface area is 144 Å². The first-order valence-corrected chi connectivity index (χ1v) is 8.84. The molecule has 0 amide bonds. The smallest absolute Gasteiger partial charge is 0.0997 e. The number of hydrogen-bond acceptors (Lipinski definition) is 5. The minimum atomic E-state index is 0.681. The summed E-state index contributed by atoms with van der Waals surface area (Å²) in [6.45, 7) is 4.76. The molecule has 1 aromatic carbocycles. The molecular weight excluding hydrogens is 304 g/mol. The number of morpholine rings is 1. The molecule has 2 aliphatic rings. The van der Waals surface area contributed by atoms with Crippen LogP contribution in [0.25, 0.3) is 0 Å². The summed E-state index contributed by atoms with van der Waals surface area (Å²) in [7, 11) is 1.62. The van der Waals surface area contributed by atoms with E-state index in [-0.39, 0.29) is 0 Å². The van der Waals surface area contributed by atoms with Gasteiger partial charge in [-0.2, -0.15) is 0 Å². The van der Waals surface area contributed by atoms with Crippen molar-refractivity contribution in [2.45, 2.75) is 32.1 Å². The van der Waals surface area contributed by atoms with E-state index in [2.05, 4.69) is 27.5 Å². The van der Waals surface area contributed by atoms with E-state index < -0.39 is 0 Å². The van der Waals surface area contributed by atoms with Gasteiger partial charge < -0.3 is 10.5 Å². The quantitative estimate of drug-likeness (QED) is 0.455. The molecule has 0 saturated carbocycles. The SMILES string of the molecule is CONc1cc2c(cc1N=C(N)CCCN1CCOCC1)CCC2. The Hall–Kier alpha value is -1.63. The van der Waals surface area contributed by atoms with Gasteiger partial charge in [0.15, 0.2) is 0 Å². The molecule has 3 rings (SSSR count). The molecule has 132 valence electrons. The zero-order valence-corrected chi connectivity index (χ0v) is 14.5. The zero-order valence-electron chi connectivity index (χ0n) is 14.5. The number of rotatable bonds is 7. The minimum Gasteiger partial charge on any atom is -0.387 e. The fraction of sp³-hybridized carbons (Fsp3) is 0.611. The molecule has 1 aromatic rings. The second-order valence-corrected chi connectivity index (χ2v) is 6.46. The molecule has 24 heavy (non-hydrogen) atoms. The number of ether oxygens (including phenoxy) is 1. The fourth-order valence-corrected chi connectivity index (χ4v) is 3.41. The summed E-state index contributed by atoms with van der Waals surface area (Å²) in [4.78, 5) is 12.2. The highest BCUT2D eigenvalue weighted by atomic mass is 16.6. The van der Waals surface area contributed by atoms with Crippen LogP contribution in [0.4, 0.5) is 11.4 Å². The van der Waals surface area contributed by atoms with Crippen LogP contribution in [0.1, 0.15) is 30.4 Å². The monoisotopic (exact) mass is 332 g/mol. The standard InChI is InChI=1S/C18H28N4O2/c1-23-21-17-13-15-5-2-4-14(15)12-16(17)20-18(19)6-3-7-22-8-10-24-11-9-22/h12-13,21H,2-11H2,1H3,(H2,19,20). The van der Waals surface area contributed by atoms with E-state index in [9.17, 15) is 0 Å². The van der Waals surface area contributed by atoms with Crippen molar-refractivity contribution < 1.29 is 9.57 Å². The van der Waals surface area contributed by atoms with Gasteiger partial charge in [0.1, 0.15) is 0 Å². The van der Waals surface area contributed by atoms with Crippen LogP contribution in [0.3, 0.4) is 0 Å². The second-order valence-electron chi connectivity index (χ2n) is 6.46. The Morgan fingerprint density at radius 3 is 2.79 bits per heavy atom. The van der Waals surface area contributed by atoms with Crippen LogP contribution in [0.15, 0.2) is 17.1 Å². The Balaban J connectivity index is 1.61. The lowest BCUT2D eigenvalue weighted by Gasteiger charge is -2.26. The molecule has 0 bridgehead atoms. The van der Waals surface area contributed by atoms with Gasteiger partial charge in [-0.3, -0.25) is 15.2 Å². The van der Waals surface area contributed by atoms with Gasteiger partial charge in [-0.1, -0.05) is 0 Å². The maximum absolute atomic E-state index is 6.17. The predicted octanol–water partition coefficient (Wildman–Crippen LogP) is 2.25. The molecule has 0 spiro atoms. The first-order valence-electron chi connectivity index (χ1n) is 8.84. The van der Waals surface area contributed by atoms with Gasteiger partial charge in [-0.15, -0.1) is 0 Å². The highest BCUT2D eigenvalue weighted by molar-refractivity contribution is 5.85. The highest BCUT2D eigenvalue weighted by Gasteiger charge is 2.15. The zero-order chi connectivity index (χ0) is 16.8. The number of nitrogens with zero attached hydrogens (tertiary/aromatic N) is 2. The largest absolute Gasteiger partial charge is 0.387 e. The van der Waals surface area contributed by atoms with Crippen LogP contribution in [0.5, 0.6) is 0 Å². The molecule has 1 heterocycles. The van der Waals surface area contributed by atoms with E-state index >= 15 is 0 Å². The summed E-state index contributed by atoms with van der Waals surface area (Å²) >= 11 is 0. The van der Waals surface area contributed by atoms with E-state index in [0.717, 1.165) is 69.9 Å². The topological polar surface area (TPSA) is 72.1 Å². The van der Waals surface area contributed by atoms with E-state index in [4.69, 9.17) is 15.3 Å². The first kappa shape index (κ1) is 17.2. The maximum atomic E-state index is 6.17. The van der Waals surface area contributed by atoms with Gasteiger partial charge in [0.05, 0.1) is 37.5 Å². The van der Waals surface area contributed by atoms with Crippen molar-refractivity contribution in [2.75, 3.05) is 45.4 Å². The molecule has 0 aromatic heterocycles. The van der Waals surface area contributed by atoms with Crippen LogP contribution in [0, 0.1) is 0 Å². The van der Waals surface area contributed by atoms with Gasteiger partial charge in [-0.25, -0.2) is 4.99 Å². The van der Waals surface area contributed by atoms with Gasteiger partial charge in [0.2, 0.25) is 0 Å². The van der Waals surface area contributed by atoms with Crippen molar-refractivity contribution in [3.8, 4) is 0 Å². The number of amidine groups is 1. The van der Waals surface area contributed by atoms with Crippen LogP contribution in [-0.2, 0) is 22.4 Å². The number of hydrogen-bond donors (Lipinski definition) is 2. The molecule has 3 N–H and O–H groups in total. The van der Waals surface area contributed by atoms with Gasteiger partial charge in [0, 0.05) is 19.5 Å². The first-order chi connectivity index (χ1) is 11.8. The number of aliphatic imine (C=N–C) groups is 1. The minimum absolute atomic E-state index is 0.681. The Bertz CT molecular complexity index is 583. The average molecular weight is 332 g/mol. The van der Waals surface area contributed by atoms with E-state index in [1.54, 1.807) is 7.11 Å². The summed E-state index contributed by atoms with van der Waals surface area (Å²) in [5.41, 5.74) is 13.7. The van der Waals surface area contributed by atoms with Crippen molar-refractivity contribution in [3.05, 3.63) is 23.3 Å². The number of nitrogens with two attached hydrogens (primary N) is 1. The van der Waals surface area contributed by atoms with Crippen molar-refractivity contribution in [1.29, 1.82) is 0 Å². The van der Waals surface area contributed by atoms with Crippen LogP contribution < -0.4 is 11.2 Å². The van der Waals surface area contributed by atoms with E-state index in [1.807, 2.05) is 0 Å². The number of benzene rings is 1. The van der Waals surface area contributed by atoms with Gasteiger partial charge in [0.25, 0.3) is 0 Å². The lowest BCUT2D eigenvalue weighted by molar-refractivity contribution is 0.0376. The highest BCUT2D eigenvalue weighted by Crippen LogP contribution is 2.33. The molecule has 6 nitrogen and oxygen atoms in total. The summed E-state index contributed by atoms with van der Waals surface area (Å²) in [5, 5.41) is 0. The maximum Gasteiger partial charge on any atom is 0.0997 e. The normalized spacial score (nSPS) is 18.6. The Morgan fingerprint density at radius 1 is 1.29 bits per heavy atom. The van der Waals surface area contributed by atoms with Crippen molar-refractivity contribution >= 4 is 17.2 Å². The van der Waals surface area contributed by atoms with Crippen LogP contribution in [-0.4, -0.2) is 50.7 Å². The molecule has 0 radical (unpaired) electrons. The van der Waals surface area contributed by atoms with Gasteiger partial charge >= 0.3 is 0 Å². The van der Waals surface area contributed by atoms with Crippen molar-refractivity contribution in [3.63, 3.8) is 0 Å². The third kappa shape index (κ3) is 4.47. The van der Waals surface area contributed by atoms with Gasteiger partial charge in [-0.05, 0) is 55.5 Å². The molecular formula is C18H28N4O2. The number of nitrogens with one attached hydrogen (secondary N) is 1. The number of anilines is 1. The van der Waals surface area contributed by atoms with Crippen molar-refractivity contribution in [2.24, 2.45) is 10.7 Å². The Kier molecular flexibility index (Phi) is 6.07. The summed E-state index contributed by atoms with van der Waals surface area (Å²) in [6, 6.07) is 4.30. The Morgan fingerprint density at radius 2 is 2.04 bits per heavy atom. The molecule has 1 fully saturated rings. The summed E-state index contributed by atoms with van der Waals surface area (Å²) in [5.74, 6) is 0.681. The molecule has 1 saturated heterocycles. The molecule has 0 atom stereocenters. The molecule has 1 aliphatic carbocycles. The molecule has 6 heteroatoms. The average Bonchev–Trinajstić information content (AvgIpc) is 3.03. The number of fused-ring (bicyclic) bond motifs is 1. The summed E-state index contributed by atoms with van der Waals surface area (Å²) < 4.78 is 5.37. The second kappa shape index (κ2) is 8.46. The third-order valence-corrected chi connectivity index (χ3v) is 4.70. The summed E-state index contributed by atoms with van der Waals surface area (Å²) in [6.07, 6.45) is 5.30. The molecule has 1 aliphatic heterocycles. The predicted molar refractivity (Wildman–Crippen MR) is 96.9 cm³/mol. The lowest BCUT2D eigenvalue weighted by Crippen LogP contribution is -2.37. The van der Waals surface area contributed by atoms with Crippen LogP contribution in [0.2, 0.25) is 0 Å². The number of aryl methyl sites for hydroxylation is 2. The third-order valence-electron chi connectivity index (χ3n) is 4.70. The van der Waals surface area contributed by atoms with Crippen LogP contribution >= 0.6 is 0 Å². The fourth-order valence-electron chi connectivity index (χ4n) is 3.41. The van der Waals surface area contributed by atoms with Crippen molar-refractivity contribution in [1.82, 2.24) is 4.90 Å². The van der Waals surface area contributed by atoms with E-state index in [0.29, 0.717) is 5.84 Å². The molecule has 0 unspecified atom stereocenters. The lowest BCUT2D eigenvalue weighted by atomic mass is 10.1.